The molecule has 0 radical (unpaired) electrons. The molecule has 1 aromatic heterocycles. The number of rotatable bonds is 3. The van der Waals surface area contributed by atoms with Crippen LogP contribution >= 0.6 is 0 Å². The van der Waals surface area contributed by atoms with Gasteiger partial charge in [-0.25, -0.2) is 4.79 Å². The molecule has 1 aromatic carbocycles. The summed E-state index contributed by atoms with van der Waals surface area (Å²) in [6.45, 7) is 5.98. The molecular weight excluding hydrogens is 374 g/mol. The number of carbonyl (C=O) groups excluding carboxylic acids is 3. The van der Waals surface area contributed by atoms with Gasteiger partial charge < -0.3 is 14.1 Å². The van der Waals surface area contributed by atoms with E-state index >= 15 is 0 Å². The fourth-order valence-corrected chi connectivity index (χ4v) is 3.32. The van der Waals surface area contributed by atoms with Crippen molar-refractivity contribution in [3.63, 3.8) is 0 Å². The summed E-state index contributed by atoms with van der Waals surface area (Å²) in [5.74, 6) is -0.809. The smallest absolute Gasteiger partial charge is 0.410 e. The number of hydrogen-bond acceptors (Lipinski definition) is 5. The monoisotopic (exact) mass is 401 g/mol. The Morgan fingerprint density at radius 2 is 1.93 bits per heavy atom. The number of fused-ring (bicyclic) bond motifs is 1. The highest BCUT2D eigenvalue weighted by Crippen LogP contribution is 2.22. The van der Waals surface area contributed by atoms with E-state index in [1.54, 1.807) is 17.0 Å². The van der Waals surface area contributed by atoms with Gasteiger partial charge in [0.25, 0.3) is 0 Å². The second-order valence-corrected chi connectivity index (χ2v) is 8.18. The summed E-state index contributed by atoms with van der Waals surface area (Å²) in [7, 11) is 0. The van der Waals surface area contributed by atoms with Gasteiger partial charge in [0.15, 0.2) is 5.76 Å². The van der Waals surface area contributed by atoms with Gasteiger partial charge in [-0.15, -0.1) is 0 Å². The molecule has 1 unspecified atom stereocenters. The summed E-state index contributed by atoms with van der Waals surface area (Å²) >= 11 is 0. The third kappa shape index (κ3) is 5.49. The first-order valence-corrected chi connectivity index (χ1v) is 9.80. The molecule has 0 bridgehead atoms. The normalized spacial score (nSPS) is 17.1. The van der Waals surface area contributed by atoms with E-state index < -0.39 is 17.6 Å². The molecule has 156 valence electrons. The number of piperidine rings is 1. The van der Waals surface area contributed by atoms with Gasteiger partial charge in [0.2, 0.25) is 5.91 Å². The first kappa shape index (κ1) is 20.7. The van der Waals surface area contributed by atoms with E-state index in [1.807, 2.05) is 39.0 Å². The number of carbonyl (C=O) groups is 3. The first-order valence-electron chi connectivity index (χ1n) is 9.80. The topological polar surface area (TPSA) is 101 Å². The Kier molecular flexibility index (Phi) is 6.10. The number of nitrogens with zero attached hydrogens (tertiary/aromatic N) is 1. The fraction of sp³-hybridized carbons (Fsp3) is 0.476. The van der Waals surface area contributed by atoms with Gasteiger partial charge in [0.05, 0.1) is 0 Å². The minimum atomic E-state index is -0.595. The summed E-state index contributed by atoms with van der Waals surface area (Å²) in [5, 5.41) is 0.805. The van der Waals surface area contributed by atoms with Gasteiger partial charge in [-0.1, -0.05) is 18.2 Å². The molecule has 1 saturated heterocycles. The number of furan rings is 1. The average Bonchev–Trinajstić information content (AvgIpc) is 3.09. The van der Waals surface area contributed by atoms with Crippen molar-refractivity contribution in [1.82, 2.24) is 15.8 Å². The number of hydrazine groups is 1. The number of amides is 3. The number of ether oxygens (including phenoxy) is 1. The number of likely N-dealkylation sites (tertiary alicyclic amines) is 1. The molecule has 8 nitrogen and oxygen atoms in total. The summed E-state index contributed by atoms with van der Waals surface area (Å²) < 4.78 is 10.9. The standard InChI is InChI=1S/C21H27N3O5/c1-21(2,3)29-20(27)24-11-7-6-9-15(24)13-18(25)22-23-19(26)17-12-14-8-4-5-10-16(14)28-17/h4-5,8,10,12,15H,6-7,9,11,13H2,1-3H3,(H,22,25)(H,23,26). The molecule has 8 heteroatoms. The van der Waals surface area contributed by atoms with Crippen LogP contribution in [0.2, 0.25) is 0 Å². The number of hydrogen-bond donors (Lipinski definition) is 2. The molecule has 0 spiro atoms. The quantitative estimate of drug-likeness (QED) is 0.768. The minimum absolute atomic E-state index is 0.0830. The highest BCUT2D eigenvalue weighted by atomic mass is 16.6. The zero-order valence-electron chi connectivity index (χ0n) is 17.0. The third-order valence-electron chi connectivity index (χ3n) is 4.64. The van der Waals surface area contributed by atoms with E-state index in [-0.39, 0.29) is 24.1 Å². The summed E-state index contributed by atoms with van der Waals surface area (Å²) in [6.07, 6.45) is 2.19. The van der Waals surface area contributed by atoms with Crippen molar-refractivity contribution in [2.45, 2.75) is 58.1 Å². The van der Waals surface area contributed by atoms with E-state index in [1.165, 1.54) is 0 Å². The van der Waals surface area contributed by atoms with Crippen molar-refractivity contribution >= 4 is 28.9 Å². The lowest BCUT2D eigenvalue weighted by atomic mass is 9.99. The van der Waals surface area contributed by atoms with E-state index in [0.29, 0.717) is 18.5 Å². The molecule has 1 atom stereocenters. The second-order valence-electron chi connectivity index (χ2n) is 8.18. The Balaban J connectivity index is 1.54. The predicted molar refractivity (Wildman–Crippen MR) is 107 cm³/mol. The minimum Gasteiger partial charge on any atom is -0.451 e. The van der Waals surface area contributed by atoms with Gasteiger partial charge in [0.1, 0.15) is 11.2 Å². The van der Waals surface area contributed by atoms with Crippen LogP contribution < -0.4 is 10.9 Å². The lowest BCUT2D eigenvalue weighted by Crippen LogP contribution is -2.49. The van der Waals surface area contributed by atoms with Crippen LogP contribution in [0.1, 0.15) is 57.0 Å². The average molecular weight is 401 g/mol. The van der Waals surface area contributed by atoms with Crippen LogP contribution in [0.5, 0.6) is 0 Å². The fourth-order valence-electron chi connectivity index (χ4n) is 3.32. The first-order chi connectivity index (χ1) is 13.7. The Bertz CT molecular complexity index is 866. The molecule has 0 aliphatic carbocycles. The van der Waals surface area contributed by atoms with Gasteiger partial charge in [0, 0.05) is 24.4 Å². The van der Waals surface area contributed by atoms with Gasteiger partial charge >= 0.3 is 12.0 Å². The van der Waals surface area contributed by atoms with E-state index in [9.17, 15) is 14.4 Å². The molecule has 2 N–H and O–H groups in total. The molecule has 29 heavy (non-hydrogen) atoms. The third-order valence-corrected chi connectivity index (χ3v) is 4.64. The van der Waals surface area contributed by atoms with Gasteiger partial charge in [-0.3, -0.25) is 20.4 Å². The Morgan fingerprint density at radius 3 is 2.66 bits per heavy atom. The van der Waals surface area contributed by atoms with E-state index in [0.717, 1.165) is 18.2 Å². The van der Waals surface area contributed by atoms with Crippen molar-refractivity contribution < 1.29 is 23.5 Å². The molecule has 2 heterocycles. The lowest BCUT2D eigenvalue weighted by Gasteiger charge is -2.36. The highest BCUT2D eigenvalue weighted by Gasteiger charge is 2.31. The van der Waals surface area contributed by atoms with Crippen molar-refractivity contribution in [3.8, 4) is 0 Å². The zero-order chi connectivity index (χ0) is 21.0. The molecule has 1 aliphatic rings. The van der Waals surface area contributed by atoms with Crippen LogP contribution in [-0.4, -0.2) is 41.0 Å². The summed E-state index contributed by atoms with van der Waals surface area (Å²) in [5.41, 5.74) is 4.77. The summed E-state index contributed by atoms with van der Waals surface area (Å²) in [6, 6.07) is 8.61. The van der Waals surface area contributed by atoms with Crippen LogP contribution in [0.4, 0.5) is 4.79 Å². The van der Waals surface area contributed by atoms with Gasteiger partial charge in [-0.05, 0) is 52.2 Å². The van der Waals surface area contributed by atoms with Crippen LogP contribution in [0.25, 0.3) is 11.0 Å². The van der Waals surface area contributed by atoms with Crippen LogP contribution in [0, 0.1) is 0 Å². The van der Waals surface area contributed by atoms with Gasteiger partial charge in [-0.2, -0.15) is 0 Å². The molecule has 1 fully saturated rings. The molecular formula is C21H27N3O5. The maximum atomic E-state index is 12.4. The number of para-hydroxylation sites is 1. The predicted octanol–water partition coefficient (Wildman–Crippen LogP) is 3.37. The number of nitrogens with one attached hydrogen (secondary N) is 2. The van der Waals surface area contributed by atoms with Crippen molar-refractivity contribution in [1.29, 1.82) is 0 Å². The largest absolute Gasteiger partial charge is 0.451 e. The van der Waals surface area contributed by atoms with Crippen LogP contribution in [0.3, 0.4) is 0 Å². The highest BCUT2D eigenvalue weighted by molar-refractivity contribution is 5.97. The second kappa shape index (κ2) is 8.55. The van der Waals surface area contributed by atoms with Crippen molar-refractivity contribution in [2.75, 3.05) is 6.54 Å². The van der Waals surface area contributed by atoms with E-state index in [4.69, 9.17) is 9.15 Å². The maximum absolute atomic E-state index is 12.4. The maximum Gasteiger partial charge on any atom is 0.410 e. The Labute approximate surface area is 169 Å². The van der Waals surface area contributed by atoms with Crippen LogP contribution in [0.15, 0.2) is 34.7 Å². The lowest BCUT2D eigenvalue weighted by molar-refractivity contribution is -0.123. The SMILES string of the molecule is CC(C)(C)OC(=O)N1CCCCC1CC(=O)NNC(=O)c1cc2ccccc2o1. The molecule has 2 aromatic rings. The Hall–Kier alpha value is -3.03. The Morgan fingerprint density at radius 1 is 1.17 bits per heavy atom. The van der Waals surface area contributed by atoms with Crippen molar-refractivity contribution in [2.24, 2.45) is 0 Å². The van der Waals surface area contributed by atoms with E-state index in [2.05, 4.69) is 10.9 Å². The zero-order valence-corrected chi connectivity index (χ0v) is 17.0. The summed E-state index contributed by atoms with van der Waals surface area (Å²) in [4.78, 5) is 38.6. The molecule has 1 aliphatic heterocycles. The number of benzene rings is 1. The van der Waals surface area contributed by atoms with Crippen molar-refractivity contribution in [3.05, 3.63) is 36.1 Å². The molecule has 3 amide bonds. The molecule has 3 rings (SSSR count). The molecule has 0 saturated carbocycles. The van der Waals surface area contributed by atoms with Crippen LogP contribution in [-0.2, 0) is 9.53 Å².